The molecule has 1 atom stereocenters. The zero-order valence-corrected chi connectivity index (χ0v) is 15.2. The van der Waals surface area contributed by atoms with E-state index >= 15 is 0 Å². The Balaban J connectivity index is 1.57. The van der Waals surface area contributed by atoms with Crippen LogP contribution in [-0.2, 0) is 6.54 Å². The van der Waals surface area contributed by atoms with E-state index in [2.05, 4.69) is 38.7 Å². The van der Waals surface area contributed by atoms with Crippen molar-refractivity contribution in [2.24, 2.45) is 0 Å². The van der Waals surface area contributed by atoms with Gasteiger partial charge in [-0.05, 0) is 43.0 Å². The topological polar surface area (TPSA) is 62.5 Å². The molecule has 3 aromatic heterocycles. The molecule has 0 unspecified atom stereocenters. The standard InChI is InChI=1S/C18H21N5OS/c1-12-5-8-25-16(12)11-22-7-4-13(10-22)15-3-6-20-17-14(18(24)19-2)9-21-23(15)17/h3,5-6,8-9,13H,4,7,10-11H2,1-2H3,(H,19,24)/t13-/m1/s1. The Morgan fingerprint density at radius 3 is 3.08 bits per heavy atom. The minimum Gasteiger partial charge on any atom is -0.355 e. The minimum atomic E-state index is -0.152. The lowest BCUT2D eigenvalue weighted by atomic mass is 10.0. The van der Waals surface area contributed by atoms with E-state index < -0.39 is 0 Å². The molecule has 1 fully saturated rings. The van der Waals surface area contributed by atoms with Gasteiger partial charge < -0.3 is 5.32 Å². The number of aromatic nitrogens is 3. The molecular weight excluding hydrogens is 334 g/mol. The average molecular weight is 355 g/mol. The largest absolute Gasteiger partial charge is 0.355 e. The molecule has 6 nitrogen and oxygen atoms in total. The molecule has 25 heavy (non-hydrogen) atoms. The Labute approximate surface area is 150 Å². The maximum absolute atomic E-state index is 12.0. The Morgan fingerprint density at radius 1 is 1.44 bits per heavy atom. The van der Waals surface area contributed by atoms with Crippen molar-refractivity contribution in [3.05, 3.63) is 51.6 Å². The SMILES string of the molecule is CNC(=O)c1cnn2c([C@@H]3CCN(Cc4sccc4C)C3)ccnc12. The fourth-order valence-corrected chi connectivity index (χ4v) is 4.45. The third kappa shape index (κ3) is 2.94. The van der Waals surface area contributed by atoms with Crippen molar-refractivity contribution >= 4 is 22.9 Å². The van der Waals surface area contributed by atoms with Crippen LogP contribution in [-0.4, -0.2) is 45.5 Å². The molecule has 4 heterocycles. The molecule has 1 aliphatic rings. The highest BCUT2D eigenvalue weighted by Crippen LogP contribution is 2.30. The van der Waals surface area contributed by atoms with Crippen LogP contribution in [0.2, 0.25) is 0 Å². The maximum atomic E-state index is 12.0. The van der Waals surface area contributed by atoms with Crippen LogP contribution >= 0.6 is 11.3 Å². The fourth-order valence-electron chi connectivity index (χ4n) is 3.50. The lowest BCUT2D eigenvalue weighted by molar-refractivity contribution is 0.0964. The van der Waals surface area contributed by atoms with Gasteiger partial charge in [-0.15, -0.1) is 11.3 Å². The Kier molecular flexibility index (Phi) is 4.27. The lowest BCUT2D eigenvalue weighted by Crippen LogP contribution is -2.20. The van der Waals surface area contributed by atoms with Gasteiger partial charge >= 0.3 is 0 Å². The van der Waals surface area contributed by atoms with Gasteiger partial charge in [0, 0.05) is 37.1 Å². The number of likely N-dealkylation sites (tertiary alicyclic amines) is 1. The highest BCUT2D eigenvalue weighted by atomic mass is 32.1. The van der Waals surface area contributed by atoms with Crippen LogP contribution < -0.4 is 5.32 Å². The molecule has 0 aliphatic carbocycles. The van der Waals surface area contributed by atoms with Gasteiger partial charge in [0.1, 0.15) is 5.56 Å². The molecular formula is C18H21N5OS. The van der Waals surface area contributed by atoms with Gasteiger partial charge in [0.25, 0.3) is 5.91 Å². The van der Waals surface area contributed by atoms with Gasteiger partial charge in [-0.1, -0.05) is 0 Å². The fraction of sp³-hybridized carbons (Fsp3) is 0.389. The van der Waals surface area contributed by atoms with E-state index in [4.69, 9.17) is 0 Å². The third-order valence-corrected chi connectivity index (χ3v) is 5.94. The van der Waals surface area contributed by atoms with Crippen LogP contribution in [0, 0.1) is 6.92 Å². The first-order chi connectivity index (χ1) is 12.2. The molecule has 0 radical (unpaired) electrons. The summed E-state index contributed by atoms with van der Waals surface area (Å²) in [5.74, 6) is 0.254. The quantitative estimate of drug-likeness (QED) is 0.781. The average Bonchev–Trinajstić information content (AvgIpc) is 3.35. The van der Waals surface area contributed by atoms with Crippen LogP contribution in [0.1, 0.15) is 38.8 Å². The molecule has 1 aliphatic heterocycles. The smallest absolute Gasteiger partial charge is 0.256 e. The van der Waals surface area contributed by atoms with Crippen LogP contribution in [0.3, 0.4) is 0 Å². The van der Waals surface area contributed by atoms with Crippen molar-refractivity contribution in [2.45, 2.75) is 25.8 Å². The Morgan fingerprint density at radius 2 is 2.32 bits per heavy atom. The van der Waals surface area contributed by atoms with Crippen LogP contribution in [0.25, 0.3) is 5.65 Å². The van der Waals surface area contributed by atoms with Gasteiger partial charge in [-0.2, -0.15) is 5.10 Å². The molecule has 130 valence electrons. The zero-order valence-electron chi connectivity index (χ0n) is 14.4. The number of carbonyl (C=O) groups excluding carboxylic acids is 1. The minimum absolute atomic E-state index is 0.152. The van der Waals surface area contributed by atoms with Crippen molar-refractivity contribution in [1.29, 1.82) is 0 Å². The van der Waals surface area contributed by atoms with Gasteiger partial charge in [0.15, 0.2) is 5.65 Å². The number of hydrogen-bond acceptors (Lipinski definition) is 5. The molecule has 7 heteroatoms. The summed E-state index contributed by atoms with van der Waals surface area (Å²) in [6, 6.07) is 4.21. The number of carbonyl (C=O) groups is 1. The third-order valence-electron chi connectivity index (χ3n) is 4.93. The number of amides is 1. The number of rotatable bonds is 4. The van der Waals surface area contributed by atoms with Crippen molar-refractivity contribution in [1.82, 2.24) is 24.8 Å². The number of nitrogens with one attached hydrogen (secondary N) is 1. The second-order valence-corrected chi connectivity index (χ2v) is 7.49. The summed E-state index contributed by atoms with van der Waals surface area (Å²) in [6.07, 6.45) is 4.48. The van der Waals surface area contributed by atoms with E-state index in [1.165, 1.54) is 10.4 Å². The monoisotopic (exact) mass is 355 g/mol. The van der Waals surface area contributed by atoms with Gasteiger partial charge in [-0.25, -0.2) is 9.50 Å². The summed E-state index contributed by atoms with van der Waals surface area (Å²) in [5, 5.41) is 9.23. The van der Waals surface area contributed by atoms with E-state index in [0.29, 0.717) is 17.1 Å². The molecule has 0 aromatic carbocycles. The van der Waals surface area contributed by atoms with Crippen LogP contribution in [0.15, 0.2) is 29.9 Å². The number of fused-ring (bicyclic) bond motifs is 1. The first kappa shape index (κ1) is 16.2. The molecule has 1 N–H and O–H groups in total. The first-order valence-electron chi connectivity index (χ1n) is 8.47. The Bertz CT molecular complexity index is 915. The zero-order chi connectivity index (χ0) is 17.4. The van der Waals surface area contributed by atoms with Crippen molar-refractivity contribution < 1.29 is 4.79 Å². The highest BCUT2D eigenvalue weighted by Gasteiger charge is 2.27. The van der Waals surface area contributed by atoms with Crippen molar-refractivity contribution in [3.8, 4) is 0 Å². The molecule has 3 aromatic rings. The maximum Gasteiger partial charge on any atom is 0.256 e. The predicted molar refractivity (Wildman–Crippen MR) is 98.1 cm³/mol. The van der Waals surface area contributed by atoms with E-state index in [0.717, 1.165) is 31.7 Å². The Hall–Kier alpha value is -2.25. The summed E-state index contributed by atoms with van der Waals surface area (Å²) in [7, 11) is 1.62. The van der Waals surface area contributed by atoms with E-state index in [1.807, 2.05) is 21.9 Å². The molecule has 0 saturated carbocycles. The number of hydrogen-bond donors (Lipinski definition) is 1. The summed E-state index contributed by atoms with van der Waals surface area (Å²) in [5.41, 5.74) is 3.66. The van der Waals surface area contributed by atoms with E-state index in [1.54, 1.807) is 19.4 Å². The van der Waals surface area contributed by atoms with Crippen LogP contribution in [0.4, 0.5) is 0 Å². The molecule has 0 spiro atoms. The summed E-state index contributed by atoms with van der Waals surface area (Å²) in [4.78, 5) is 20.3. The van der Waals surface area contributed by atoms with Gasteiger partial charge in [0.2, 0.25) is 0 Å². The second kappa shape index (κ2) is 6.57. The van der Waals surface area contributed by atoms with Crippen LogP contribution in [0.5, 0.6) is 0 Å². The summed E-state index contributed by atoms with van der Waals surface area (Å²) >= 11 is 1.83. The molecule has 1 amide bonds. The number of thiophene rings is 1. The molecule has 1 saturated heterocycles. The predicted octanol–water partition coefficient (Wildman–Crippen LogP) is 2.45. The van der Waals surface area contributed by atoms with Crippen molar-refractivity contribution in [3.63, 3.8) is 0 Å². The molecule has 0 bridgehead atoms. The van der Waals surface area contributed by atoms with E-state index in [9.17, 15) is 4.79 Å². The summed E-state index contributed by atoms with van der Waals surface area (Å²) in [6.45, 7) is 5.27. The molecule has 4 rings (SSSR count). The lowest BCUT2D eigenvalue weighted by Gasteiger charge is -2.16. The normalized spacial score (nSPS) is 18.1. The first-order valence-corrected chi connectivity index (χ1v) is 9.35. The number of nitrogens with zero attached hydrogens (tertiary/aromatic N) is 4. The summed E-state index contributed by atoms with van der Waals surface area (Å²) < 4.78 is 1.83. The van der Waals surface area contributed by atoms with Gasteiger partial charge in [0.05, 0.1) is 11.9 Å². The second-order valence-electron chi connectivity index (χ2n) is 6.49. The van der Waals surface area contributed by atoms with E-state index in [-0.39, 0.29) is 5.91 Å². The van der Waals surface area contributed by atoms with Crippen molar-refractivity contribution in [2.75, 3.05) is 20.1 Å². The number of aryl methyl sites for hydroxylation is 1. The highest BCUT2D eigenvalue weighted by molar-refractivity contribution is 7.10. The van der Waals surface area contributed by atoms with Gasteiger partial charge in [-0.3, -0.25) is 9.69 Å².